The van der Waals surface area contributed by atoms with E-state index in [1.54, 1.807) is 12.1 Å². The van der Waals surface area contributed by atoms with Gasteiger partial charge in [0, 0.05) is 30.9 Å². The standard InChI is InChI=1S/C25H29ClF2N4O4S/c1-2-31(13-15-3-4-15)19(12-29-25(35)20-7-8-21(26)37-20)24(34)30-16-5-6-18(17(11-16)23(27)28)32-9-10-36-14-22(32)33/h5-8,11,15,19,23H,2-4,9-10,12-14H2,1H3,(H,29,35)(H,30,34)/t19-/m0/s1. The average molecular weight is 555 g/mol. The number of carbonyl (C=O) groups excluding carboxylic acids is 3. The van der Waals surface area contributed by atoms with E-state index in [9.17, 15) is 23.2 Å². The fourth-order valence-electron chi connectivity index (χ4n) is 4.26. The molecule has 1 saturated heterocycles. The van der Waals surface area contributed by atoms with Crippen molar-refractivity contribution in [1.29, 1.82) is 0 Å². The van der Waals surface area contributed by atoms with Crippen LogP contribution in [0.3, 0.4) is 0 Å². The van der Waals surface area contributed by atoms with Crippen LogP contribution in [0.15, 0.2) is 30.3 Å². The highest BCUT2D eigenvalue weighted by Gasteiger charge is 2.32. The van der Waals surface area contributed by atoms with Gasteiger partial charge in [-0.1, -0.05) is 18.5 Å². The summed E-state index contributed by atoms with van der Waals surface area (Å²) in [6.07, 6.45) is -0.674. The van der Waals surface area contributed by atoms with Crippen molar-refractivity contribution < 1.29 is 27.9 Å². The minimum atomic E-state index is -2.85. The SMILES string of the molecule is CCN(CC1CC1)[C@@H](CNC(=O)c1ccc(Cl)s1)C(=O)Nc1ccc(N2CCOCC2=O)c(C(F)F)c1. The number of alkyl halides is 2. The van der Waals surface area contributed by atoms with Crippen molar-refractivity contribution in [3.05, 3.63) is 45.1 Å². The maximum Gasteiger partial charge on any atom is 0.265 e. The highest BCUT2D eigenvalue weighted by atomic mass is 35.5. The molecule has 2 aliphatic rings. The summed E-state index contributed by atoms with van der Waals surface area (Å²) < 4.78 is 33.5. The maximum absolute atomic E-state index is 13.9. The lowest BCUT2D eigenvalue weighted by Crippen LogP contribution is -2.51. The van der Waals surface area contributed by atoms with Gasteiger partial charge in [-0.2, -0.15) is 0 Å². The van der Waals surface area contributed by atoms with Crippen molar-refractivity contribution in [2.24, 2.45) is 5.92 Å². The third kappa shape index (κ3) is 7.04. The van der Waals surface area contributed by atoms with E-state index >= 15 is 0 Å². The minimum Gasteiger partial charge on any atom is -0.370 e. The zero-order valence-corrected chi connectivity index (χ0v) is 21.9. The lowest BCUT2D eigenvalue weighted by Gasteiger charge is -2.30. The third-order valence-electron chi connectivity index (χ3n) is 6.40. The first kappa shape index (κ1) is 27.4. The van der Waals surface area contributed by atoms with E-state index in [0.29, 0.717) is 28.2 Å². The number of anilines is 2. The molecule has 0 spiro atoms. The summed E-state index contributed by atoms with van der Waals surface area (Å²) in [6.45, 7) is 3.53. The predicted molar refractivity (Wildman–Crippen MR) is 139 cm³/mol. The summed E-state index contributed by atoms with van der Waals surface area (Å²) in [5, 5.41) is 5.55. The molecule has 0 bridgehead atoms. The third-order valence-corrected chi connectivity index (χ3v) is 7.63. The summed E-state index contributed by atoms with van der Waals surface area (Å²) >= 11 is 7.08. The largest absolute Gasteiger partial charge is 0.370 e. The molecule has 37 heavy (non-hydrogen) atoms. The lowest BCUT2D eigenvalue weighted by atomic mass is 10.1. The summed E-state index contributed by atoms with van der Waals surface area (Å²) in [7, 11) is 0. The van der Waals surface area contributed by atoms with Gasteiger partial charge in [-0.15, -0.1) is 11.3 Å². The van der Waals surface area contributed by atoms with Gasteiger partial charge in [0.2, 0.25) is 5.91 Å². The predicted octanol–water partition coefficient (Wildman–Crippen LogP) is 4.17. The number of morpholine rings is 1. The number of nitrogens with one attached hydrogen (secondary N) is 2. The van der Waals surface area contributed by atoms with Crippen LogP contribution in [0.2, 0.25) is 4.34 Å². The molecule has 2 N–H and O–H groups in total. The molecule has 1 aliphatic carbocycles. The minimum absolute atomic E-state index is 0.0445. The molecular formula is C25H29ClF2N4O4S. The Kier molecular flexibility index (Phi) is 9.12. The fourth-order valence-corrected chi connectivity index (χ4v) is 5.22. The van der Waals surface area contributed by atoms with Crippen LogP contribution < -0.4 is 15.5 Å². The molecule has 1 saturated carbocycles. The van der Waals surface area contributed by atoms with Crippen molar-refractivity contribution in [2.45, 2.75) is 32.2 Å². The number of ether oxygens (including phenoxy) is 1. The van der Waals surface area contributed by atoms with Gasteiger partial charge in [-0.25, -0.2) is 8.78 Å². The number of carbonyl (C=O) groups is 3. The number of hydrogen-bond acceptors (Lipinski definition) is 6. The lowest BCUT2D eigenvalue weighted by molar-refractivity contribution is -0.125. The highest BCUT2D eigenvalue weighted by molar-refractivity contribution is 7.18. The van der Waals surface area contributed by atoms with Crippen LogP contribution in [0.4, 0.5) is 20.2 Å². The Morgan fingerprint density at radius 3 is 2.68 bits per heavy atom. The molecule has 2 aromatic rings. The van der Waals surface area contributed by atoms with Crippen molar-refractivity contribution in [3.63, 3.8) is 0 Å². The summed E-state index contributed by atoms with van der Waals surface area (Å²) in [5.41, 5.74) is -0.0601. The van der Waals surface area contributed by atoms with Crippen molar-refractivity contribution >= 4 is 52.0 Å². The molecule has 1 aromatic heterocycles. The Morgan fingerprint density at radius 2 is 2.05 bits per heavy atom. The maximum atomic E-state index is 13.9. The molecule has 8 nitrogen and oxygen atoms in total. The van der Waals surface area contributed by atoms with Crippen molar-refractivity contribution in [1.82, 2.24) is 10.2 Å². The number of likely N-dealkylation sites (N-methyl/N-ethyl adjacent to an activating group) is 1. The van der Waals surface area contributed by atoms with E-state index in [0.717, 1.165) is 24.2 Å². The first-order chi connectivity index (χ1) is 17.8. The van der Waals surface area contributed by atoms with E-state index in [4.69, 9.17) is 16.3 Å². The highest BCUT2D eigenvalue weighted by Crippen LogP contribution is 2.34. The van der Waals surface area contributed by atoms with E-state index in [1.165, 1.54) is 23.1 Å². The smallest absolute Gasteiger partial charge is 0.265 e. The van der Waals surface area contributed by atoms with Crippen LogP contribution in [0.5, 0.6) is 0 Å². The Morgan fingerprint density at radius 1 is 1.27 bits per heavy atom. The van der Waals surface area contributed by atoms with E-state index < -0.39 is 24.3 Å². The zero-order chi connectivity index (χ0) is 26.5. The number of nitrogens with zero attached hydrogens (tertiary/aromatic N) is 2. The molecule has 0 unspecified atom stereocenters. The number of halogens is 3. The Bertz CT molecular complexity index is 1140. The van der Waals surface area contributed by atoms with Gasteiger partial charge < -0.3 is 20.3 Å². The Labute approximate surface area is 222 Å². The molecule has 200 valence electrons. The molecule has 1 atom stereocenters. The molecule has 2 heterocycles. The molecular weight excluding hydrogens is 526 g/mol. The summed E-state index contributed by atoms with van der Waals surface area (Å²) in [5.74, 6) is -0.650. The first-order valence-electron chi connectivity index (χ1n) is 12.2. The van der Waals surface area contributed by atoms with E-state index in [-0.39, 0.29) is 49.1 Å². The second kappa shape index (κ2) is 12.3. The van der Waals surface area contributed by atoms with Gasteiger partial charge in [0.15, 0.2) is 0 Å². The van der Waals surface area contributed by atoms with Crippen LogP contribution in [0, 0.1) is 5.92 Å². The normalized spacial score (nSPS) is 16.8. The summed E-state index contributed by atoms with van der Waals surface area (Å²) in [4.78, 5) is 41.9. The van der Waals surface area contributed by atoms with Gasteiger partial charge >= 0.3 is 0 Å². The second-order valence-electron chi connectivity index (χ2n) is 9.02. The molecule has 1 aromatic carbocycles. The molecule has 3 amide bonds. The quantitative estimate of drug-likeness (QED) is 0.435. The van der Waals surface area contributed by atoms with Crippen molar-refractivity contribution in [2.75, 3.05) is 49.6 Å². The van der Waals surface area contributed by atoms with Gasteiger partial charge in [0.05, 0.1) is 21.5 Å². The van der Waals surface area contributed by atoms with Crippen LogP contribution >= 0.6 is 22.9 Å². The summed E-state index contributed by atoms with van der Waals surface area (Å²) in [6, 6.07) is 6.65. The Balaban J connectivity index is 1.51. The van der Waals surface area contributed by atoms with Crippen LogP contribution in [0.1, 0.15) is 41.4 Å². The molecule has 0 radical (unpaired) electrons. The van der Waals surface area contributed by atoms with Crippen molar-refractivity contribution in [3.8, 4) is 0 Å². The zero-order valence-electron chi connectivity index (χ0n) is 20.3. The number of amides is 3. The van der Waals surface area contributed by atoms with Gasteiger partial charge in [0.1, 0.15) is 12.6 Å². The Hall–Kier alpha value is -2.60. The van der Waals surface area contributed by atoms with Gasteiger partial charge in [0.25, 0.3) is 18.2 Å². The fraction of sp³-hybridized carbons (Fsp3) is 0.480. The monoisotopic (exact) mass is 554 g/mol. The molecule has 4 rings (SSSR count). The molecule has 12 heteroatoms. The van der Waals surface area contributed by atoms with Crippen LogP contribution in [-0.4, -0.2) is 68.1 Å². The number of rotatable bonds is 11. The van der Waals surface area contributed by atoms with Gasteiger partial charge in [-0.05, 0) is 55.6 Å². The molecule has 2 fully saturated rings. The molecule has 1 aliphatic heterocycles. The van der Waals surface area contributed by atoms with Crippen LogP contribution in [0.25, 0.3) is 0 Å². The van der Waals surface area contributed by atoms with E-state index in [2.05, 4.69) is 10.6 Å². The van der Waals surface area contributed by atoms with E-state index in [1.807, 2.05) is 11.8 Å². The topological polar surface area (TPSA) is 91.0 Å². The number of thiophene rings is 1. The van der Waals surface area contributed by atoms with Crippen LogP contribution in [-0.2, 0) is 14.3 Å². The first-order valence-corrected chi connectivity index (χ1v) is 13.3. The van der Waals surface area contributed by atoms with Gasteiger partial charge in [-0.3, -0.25) is 19.3 Å². The number of benzene rings is 1. The number of hydrogen-bond donors (Lipinski definition) is 2. The second-order valence-corrected chi connectivity index (χ2v) is 10.7. The average Bonchev–Trinajstić information content (AvgIpc) is 3.60.